The Morgan fingerprint density at radius 3 is 1.78 bits per heavy atom. The highest BCUT2D eigenvalue weighted by Gasteiger charge is 2.46. The van der Waals surface area contributed by atoms with Gasteiger partial charge in [0.2, 0.25) is 0 Å². The van der Waals surface area contributed by atoms with Gasteiger partial charge in [0.1, 0.15) is 0 Å². The third-order valence-electron chi connectivity index (χ3n) is 8.84. The Bertz CT molecular complexity index is 2000. The summed E-state index contributed by atoms with van der Waals surface area (Å²) in [6.07, 6.45) is 6.43. The Labute approximate surface area is 266 Å². The van der Waals surface area contributed by atoms with E-state index in [0.717, 1.165) is 17.1 Å². The summed E-state index contributed by atoms with van der Waals surface area (Å²) in [5.74, 6) is 0. The minimum Gasteiger partial charge on any atom is -0.310 e. The van der Waals surface area contributed by atoms with E-state index in [0.29, 0.717) is 0 Å². The van der Waals surface area contributed by atoms with Crippen LogP contribution in [0.1, 0.15) is 29.2 Å². The van der Waals surface area contributed by atoms with Crippen molar-refractivity contribution >= 4 is 22.6 Å². The second kappa shape index (κ2) is 12.1. The molecule has 45 heavy (non-hydrogen) atoms. The van der Waals surface area contributed by atoms with Crippen molar-refractivity contribution < 1.29 is 0 Å². The molecule has 0 fully saturated rings. The summed E-state index contributed by atoms with van der Waals surface area (Å²) in [5, 5.41) is 0. The molecule has 0 aromatic heterocycles. The normalized spacial score (nSPS) is 15.7. The van der Waals surface area contributed by atoms with Crippen molar-refractivity contribution in [1.82, 2.24) is 0 Å². The first-order chi connectivity index (χ1) is 22.3. The van der Waals surface area contributed by atoms with E-state index in [4.69, 9.17) is 0 Å². The molecule has 1 atom stereocenters. The standard InChI is InChI=1S/C44H35N/c1-3-17-42-40(4-2)41-26-14-15-27-43(41)44(42,35-21-10-6-11-22-35)36-28-30-38(31-29-36)45(37-23-12-7-13-24-37)39-25-16-20-34(32-39)33-18-8-5-9-19-33/h3-32H,2H2,1H3/b17-3-. The predicted octanol–water partition coefficient (Wildman–Crippen LogP) is 11.7. The molecule has 0 bridgehead atoms. The lowest BCUT2D eigenvalue weighted by Gasteiger charge is -2.35. The third kappa shape index (κ3) is 4.83. The predicted molar refractivity (Wildman–Crippen MR) is 191 cm³/mol. The van der Waals surface area contributed by atoms with E-state index >= 15 is 0 Å². The Morgan fingerprint density at radius 2 is 1.09 bits per heavy atom. The van der Waals surface area contributed by atoms with Crippen molar-refractivity contribution in [2.24, 2.45) is 0 Å². The number of para-hydroxylation sites is 1. The maximum Gasteiger partial charge on any atom is 0.0713 e. The fraction of sp³-hybridized carbons (Fsp3) is 0.0455. The minimum absolute atomic E-state index is 0.475. The lowest BCUT2D eigenvalue weighted by atomic mass is 9.66. The summed E-state index contributed by atoms with van der Waals surface area (Å²) in [7, 11) is 0. The van der Waals surface area contributed by atoms with Gasteiger partial charge in [-0.05, 0) is 87.8 Å². The van der Waals surface area contributed by atoms with Crippen LogP contribution >= 0.6 is 0 Å². The van der Waals surface area contributed by atoms with Crippen LogP contribution in [0.15, 0.2) is 194 Å². The van der Waals surface area contributed by atoms with E-state index in [9.17, 15) is 0 Å². The largest absolute Gasteiger partial charge is 0.310 e. The smallest absolute Gasteiger partial charge is 0.0713 e. The van der Waals surface area contributed by atoms with Gasteiger partial charge >= 0.3 is 0 Å². The molecule has 1 aliphatic carbocycles. The fourth-order valence-corrected chi connectivity index (χ4v) is 6.96. The topological polar surface area (TPSA) is 3.24 Å². The summed E-state index contributed by atoms with van der Waals surface area (Å²) in [6.45, 7) is 6.36. The highest BCUT2D eigenvalue weighted by Crippen LogP contribution is 2.55. The van der Waals surface area contributed by atoms with Crippen LogP contribution < -0.4 is 4.90 Å². The van der Waals surface area contributed by atoms with Gasteiger partial charge < -0.3 is 4.90 Å². The number of hydrogen-bond donors (Lipinski definition) is 0. The zero-order chi connectivity index (χ0) is 30.6. The van der Waals surface area contributed by atoms with Gasteiger partial charge in [-0.25, -0.2) is 0 Å². The number of benzene rings is 6. The van der Waals surface area contributed by atoms with Crippen LogP contribution in [0, 0.1) is 0 Å². The van der Waals surface area contributed by atoms with Crippen molar-refractivity contribution in [3.63, 3.8) is 0 Å². The molecule has 1 heteroatoms. The summed E-state index contributed by atoms with van der Waals surface area (Å²) in [4.78, 5) is 2.34. The number of fused-ring (bicyclic) bond motifs is 1. The summed E-state index contributed by atoms with van der Waals surface area (Å²) in [6, 6.07) is 58.8. The second-order valence-electron chi connectivity index (χ2n) is 11.3. The average Bonchev–Trinajstić information content (AvgIpc) is 3.40. The summed E-state index contributed by atoms with van der Waals surface area (Å²) in [5.41, 5.74) is 12.7. The van der Waals surface area contributed by atoms with Crippen molar-refractivity contribution in [3.8, 4) is 11.1 Å². The van der Waals surface area contributed by atoms with Gasteiger partial charge in [0.25, 0.3) is 0 Å². The molecule has 6 aromatic rings. The molecular formula is C44H35N. The number of anilines is 3. The van der Waals surface area contributed by atoms with Crippen molar-refractivity contribution in [2.75, 3.05) is 4.90 Å². The minimum atomic E-state index is -0.475. The first-order valence-corrected chi connectivity index (χ1v) is 15.5. The first-order valence-electron chi connectivity index (χ1n) is 15.5. The molecule has 0 spiro atoms. The zero-order valence-electron chi connectivity index (χ0n) is 25.5. The highest BCUT2D eigenvalue weighted by molar-refractivity contribution is 5.92. The molecule has 0 saturated heterocycles. The van der Waals surface area contributed by atoms with Gasteiger partial charge in [0, 0.05) is 17.1 Å². The molecule has 1 nitrogen and oxygen atoms in total. The molecular weight excluding hydrogens is 542 g/mol. The zero-order valence-corrected chi connectivity index (χ0v) is 25.5. The van der Waals surface area contributed by atoms with E-state index in [1.165, 1.54) is 44.5 Å². The van der Waals surface area contributed by atoms with Crippen LogP contribution in [0.25, 0.3) is 16.7 Å². The Kier molecular flexibility index (Phi) is 7.59. The number of hydrogen-bond acceptors (Lipinski definition) is 1. The maximum absolute atomic E-state index is 4.26. The molecule has 0 heterocycles. The van der Waals surface area contributed by atoms with Crippen LogP contribution in [0.5, 0.6) is 0 Å². The maximum atomic E-state index is 4.26. The number of allylic oxidation sites excluding steroid dienone is 5. The number of rotatable bonds is 8. The third-order valence-corrected chi connectivity index (χ3v) is 8.84. The van der Waals surface area contributed by atoms with Crippen LogP contribution in [0.4, 0.5) is 17.1 Å². The molecule has 0 radical (unpaired) electrons. The van der Waals surface area contributed by atoms with Gasteiger partial charge in [-0.3, -0.25) is 0 Å². The Morgan fingerprint density at radius 1 is 0.533 bits per heavy atom. The molecule has 0 saturated carbocycles. The van der Waals surface area contributed by atoms with Gasteiger partial charge in [-0.15, -0.1) is 0 Å². The molecule has 216 valence electrons. The number of nitrogens with zero attached hydrogens (tertiary/aromatic N) is 1. The average molecular weight is 578 g/mol. The molecule has 0 amide bonds. The second-order valence-corrected chi connectivity index (χ2v) is 11.3. The van der Waals surface area contributed by atoms with E-state index < -0.39 is 5.41 Å². The van der Waals surface area contributed by atoms with Crippen molar-refractivity contribution in [2.45, 2.75) is 12.3 Å². The highest BCUT2D eigenvalue weighted by atomic mass is 15.1. The Balaban J connectivity index is 1.42. The van der Waals surface area contributed by atoms with Gasteiger partial charge in [-0.1, -0.05) is 152 Å². The van der Waals surface area contributed by atoms with Crippen LogP contribution in [-0.4, -0.2) is 0 Å². The van der Waals surface area contributed by atoms with Gasteiger partial charge in [0.05, 0.1) is 5.41 Å². The molecule has 0 N–H and O–H groups in total. The van der Waals surface area contributed by atoms with Crippen LogP contribution in [0.2, 0.25) is 0 Å². The van der Waals surface area contributed by atoms with E-state index in [2.05, 4.69) is 194 Å². The quantitative estimate of drug-likeness (QED) is 0.174. The van der Waals surface area contributed by atoms with Crippen LogP contribution in [-0.2, 0) is 5.41 Å². The van der Waals surface area contributed by atoms with Gasteiger partial charge in [-0.2, -0.15) is 0 Å². The molecule has 7 rings (SSSR count). The van der Waals surface area contributed by atoms with Gasteiger partial charge in [0.15, 0.2) is 0 Å². The van der Waals surface area contributed by atoms with Crippen molar-refractivity contribution in [1.29, 1.82) is 0 Å². The summed E-state index contributed by atoms with van der Waals surface area (Å²) < 4.78 is 0. The monoisotopic (exact) mass is 577 g/mol. The lowest BCUT2D eigenvalue weighted by molar-refractivity contribution is 0.761. The van der Waals surface area contributed by atoms with E-state index in [1.54, 1.807) is 0 Å². The van der Waals surface area contributed by atoms with E-state index in [1.807, 2.05) is 6.08 Å². The fourth-order valence-electron chi connectivity index (χ4n) is 6.96. The Hall–Kier alpha value is -5.66. The van der Waals surface area contributed by atoms with Crippen LogP contribution in [0.3, 0.4) is 0 Å². The van der Waals surface area contributed by atoms with Crippen molar-refractivity contribution in [3.05, 3.63) is 216 Å². The molecule has 6 aromatic carbocycles. The molecule has 1 aliphatic rings. The molecule has 0 aliphatic heterocycles. The molecule has 1 unspecified atom stereocenters. The lowest BCUT2D eigenvalue weighted by Crippen LogP contribution is -2.29. The summed E-state index contributed by atoms with van der Waals surface area (Å²) >= 11 is 0. The van der Waals surface area contributed by atoms with E-state index in [-0.39, 0.29) is 0 Å². The first kappa shape index (κ1) is 28.1. The SMILES string of the molecule is C=CC1=C(/C=C\C)C(c2ccccc2)(c2ccc(N(c3ccccc3)c3cccc(-c4ccccc4)c3)cc2)c2ccccc21.